The summed E-state index contributed by atoms with van der Waals surface area (Å²) in [6, 6.07) is 13.8. The molecule has 7 nitrogen and oxygen atoms in total. The van der Waals surface area contributed by atoms with Crippen LogP contribution in [0.25, 0.3) is 22.9 Å². The molecule has 0 atom stereocenters. The van der Waals surface area contributed by atoms with E-state index in [9.17, 15) is 31.3 Å². The zero-order chi connectivity index (χ0) is 23.1. The van der Waals surface area contributed by atoms with Crippen molar-refractivity contribution in [2.24, 2.45) is 0 Å². The summed E-state index contributed by atoms with van der Waals surface area (Å²) < 4.78 is 67.1. The summed E-state index contributed by atoms with van der Waals surface area (Å²) in [6.45, 7) is -1.91. The van der Waals surface area contributed by atoms with Gasteiger partial charge in [0.1, 0.15) is 5.75 Å². The predicted octanol–water partition coefficient (Wildman–Crippen LogP) is 3.84. The molecule has 32 heavy (non-hydrogen) atoms. The number of hydrogen-bond donors (Lipinski definition) is 0. The number of halogens is 2. The largest absolute Gasteiger partial charge is 0.743 e. The van der Waals surface area contributed by atoms with Crippen molar-refractivity contribution < 1.29 is 40.8 Å². The Bertz CT molecular complexity index is 1370. The average Bonchev–Trinajstić information content (AvgIpc) is 3.17. The van der Waals surface area contributed by atoms with Crippen LogP contribution < -0.4 is 4.74 Å². The lowest BCUT2D eigenvalue weighted by Crippen LogP contribution is -2.34. The summed E-state index contributed by atoms with van der Waals surface area (Å²) in [7, 11) is -5.97. The van der Waals surface area contributed by atoms with Crippen LogP contribution in [0.1, 0.15) is 31.8 Å². The van der Waals surface area contributed by atoms with Gasteiger partial charge in [-0.1, -0.05) is 36.4 Å². The first-order valence-electron chi connectivity index (χ1n) is 9.13. The molecule has 0 aromatic heterocycles. The van der Waals surface area contributed by atoms with Crippen molar-refractivity contribution in [1.29, 1.82) is 0 Å². The molecule has 0 heterocycles. The Hall–Kier alpha value is -3.63. The molecule has 0 radical (unpaired) electrons. The van der Waals surface area contributed by atoms with Crippen molar-refractivity contribution in [2.75, 3.05) is 6.61 Å². The monoisotopic (exact) mass is 459 g/mol. The summed E-state index contributed by atoms with van der Waals surface area (Å²) in [6.07, 6.45) is 3.90. The van der Waals surface area contributed by atoms with Crippen molar-refractivity contribution in [3.05, 3.63) is 76.9 Å². The molecule has 0 N–H and O–H groups in total. The fraction of sp³-hybridized carbons (Fsp3) is 0.0909. The average molecular weight is 459 g/mol. The number of hydrogen-bond acceptors (Lipinski definition) is 7. The lowest BCUT2D eigenvalue weighted by atomic mass is 9.99. The molecule has 0 unspecified atom stereocenters. The second-order valence-corrected chi connectivity index (χ2v) is 8.39. The Labute approximate surface area is 180 Å². The van der Waals surface area contributed by atoms with Gasteiger partial charge in [-0.05, 0) is 52.2 Å². The van der Waals surface area contributed by atoms with Gasteiger partial charge < -0.3 is 14.0 Å². The van der Waals surface area contributed by atoms with E-state index in [4.69, 9.17) is 4.74 Å². The third-order valence-electron chi connectivity index (χ3n) is 4.81. The molecule has 0 aliphatic heterocycles. The first-order chi connectivity index (χ1) is 15.1. The topological polar surface area (TPSA) is 110 Å². The van der Waals surface area contributed by atoms with Crippen LogP contribution in [-0.2, 0) is 14.9 Å². The van der Waals surface area contributed by atoms with Crippen LogP contribution in [0.3, 0.4) is 0 Å². The molecule has 4 rings (SSSR count). The number of ether oxygens (including phenoxy) is 2. The molecule has 3 aromatic rings. The van der Waals surface area contributed by atoms with Crippen molar-refractivity contribution in [2.45, 2.75) is 5.25 Å². The minimum atomic E-state index is -5.97. The van der Waals surface area contributed by atoms with Gasteiger partial charge in [0.15, 0.2) is 16.7 Å². The number of esters is 2. The fourth-order valence-corrected chi connectivity index (χ4v) is 3.43. The SMILES string of the molecule is O=C(OCC(F)(F)S(=O)(=O)[O-])c1ccc(OC(=O)c2ccc3c4c(cccc24)C=C3)cc1. The molecule has 0 amide bonds. The molecule has 3 aromatic carbocycles. The first-order valence-corrected chi connectivity index (χ1v) is 10.5. The third-order valence-corrected chi connectivity index (χ3v) is 5.65. The summed E-state index contributed by atoms with van der Waals surface area (Å²) in [5.74, 6) is -1.82. The van der Waals surface area contributed by atoms with E-state index in [1.54, 1.807) is 6.07 Å². The Kier molecular flexibility index (Phi) is 5.27. The first kappa shape index (κ1) is 21.6. The van der Waals surface area contributed by atoms with Gasteiger partial charge in [-0.2, -0.15) is 8.78 Å². The highest BCUT2D eigenvalue weighted by Crippen LogP contribution is 2.33. The number of alkyl halides is 2. The Balaban J connectivity index is 1.46. The van der Waals surface area contributed by atoms with Crippen molar-refractivity contribution in [1.82, 2.24) is 0 Å². The van der Waals surface area contributed by atoms with Crippen LogP contribution >= 0.6 is 0 Å². The minimum Gasteiger partial charge on any atom is -0.743 e. The quantitative estimate of drug-likeness (QED) is 0.245. The van der Waals surface area contributed by atoms with Crippen molar-refractivity contribution >= 4 is 45.0 Å². The van der Waals surface area contributed by atoms with E-state index >= 15 is 0 Å². The molecule has 1 aliphatic rings. The van der Waals surface area contributed by atoms with Crippen LogP contribution in [0, 0.1) is 0 Å². The second kappa shape index (κ2) is 7.81. The number of benzene rings is 3. The molecular weight excluding hydrogens is 446 g/mol. The maximum Gasteiger partial charge on any atom is 0.367 e. The smallest absolute Gasteiger partial charge is 0.367 e. The van der Waals surface area contributed by atoms with E-state index in [-0.39, 0.29) is 11.3 Å². The Morgan fingerprint density at radius 2 is 1.56 bits per heavy atom. The molecule has 164 valence electrons. The summed E-state index contributed by atoms with van der Waals surface area (Å²) in [5.41, 5.74) is 2.12. The maximum atomic E-state index is 13.1. The van der Waals surface area contributed by atoms with Gasteiger partial charge in [-0.3, -0.25) is 0 Å². The zero-order valence-electron chi connectivity index (χ0n) is 16.1. The maximum absolute atomic E-state index is 13.1. The van der Waals surface area contributed by atoms with Crippen LogP contribution in [-0.4, -0.2) is 36.8 Å². The normalized spacial score (nSPS) is 12.7. The van der Waals surface area contributed by atoms with E-state index in [1.165, 1.54) is 12.1 Å². The van der Waals surface area contributed by atoms with Gasteiger partial charge in [0.05, 0.1) is 11.1 Å². The van der Waals surface area contributed by atoms with Gasteiger partial charge in [-0.15, -0.1) is 0 Å². The van der Waals surface area contributed by atoms with Gasteiger partial charge in [-0.25, -0.2) is 18.0 Å². The fourth-order valence-electron chi connectivity index (χ4n) is 3.22. The van der Waals surface area contributed by atoms with Gasteiger partial charge >= 0.3 is 17.2 Å². The molecule has 0 bridgehead atoms. The lowest BCUT2D eigenvalue weighted by molar-refractivity contribution is -0.00997. The molecule has 0 fully saturated rings. The van der Waals surface area contributed by atoms with Gasteiger partial charge in [0.25, 0.3) is 0 Å². The highest BCUT2D eigenvalue weighted by Gasteiger charge is 2.39. The highest BCUT2D eigenvalue weighted by atomic mass is 32.2. The number of carbonyl (C=O) groups excluding carboxylic acids is 2. The molecule has 0 saturated carbocycles. The third kappa shape index (κ3) is 3.97. The van der Waals surface area contributed by atoms with Crippen LogP contribution in [0.4, 0.5) is 8.78 Å². The Morgan fingerprint density at radius 1 is 0.906 bits per heavy atom. The van der Waals surface area contributed by atoms with Crippen molar-refractivity contribution in [3.8, 4) is 5.75 Å². The summed E-state index contributed by atoms with van der Waals surface area (Å²) in [5, 5.41) is -3.07. The minimum absolute atomic E-state index is 0.0837. The highest BCUT2D eigenvalue weighted by molar-refractivity contribution is 7.86. The van der Waals surface area contributed by atoms with Gasteiger partial charge in [0, 0.05) is 0 Å². The zero-order valence-corrected chi connectivity index (χ0v) is 16.9. The van der Waals surface area contributed by atoms with Crippen molar-refractivity contribution in [3.63, 3.8) is 0 Å². The van der Waals surface area contributed by atoms with Gasteiger partial charge in [0.2, 0.25) is 0 Å². The molecule has 10 heteroatoms. The van der Waals surface area contributed by atoms with Crippen LogP contribution in [0.15, 0.2) is 54.6 Å². The Morgan fingerprint density at radius 3 is 2.22 bits per heavy atom. The molecule has 0 saturated heterocycles. The molecular formula is C22H13F2O7S-. The summed E-state index contributed by atoms with van der Waals surface area (Å²) in [4.78, 5) is 24.5. The molecule has 0 spiro atoms. The van der Waals surface area contributed by atoms with E-state index in [0.29, 0.717) is 5.56 Å². The van der Waals surface area contributed by atoms with E-state index < -0.39 is 33.9 Å². The number of carbonyl (C=O) groups is 2. The number of rotatable bonds is 6. The standard InChI is InChI=1S/C22H14F2O7S/c23-22(24,32(27,28)29)12-30-20(25)15-6-9-16(10-7-15)31-21(26)18-11-8-14-5-4-13-2-1-3-17(18)19(13)14/h1-11H,12H2,(H,27,28,29)/p-1. The van der Waals surface area contributed by atoms with Crippen LogP contribution in [0.2, 0.25) is 0 Å². The summed E-state index contributed by atoms with van der Waals surface area (Å²) >= 11 is 0. The predicted molar refractivity (Wildman–Crippen MR) is 109 cm³/mol. The van der Waals surface area contributed by atoms with E-state index in [0.717, 1.165) is 34.0 Å². The van der Waals surface area contributed by atoms with E-state index in [2.05, 4.69) is 4.74 Å². The van der Waals surface area contributed by atoms with E-state index in [1.807, 2.05) is 36.4 Å². The van der Waals surface area contributed by atoms with Crippen LogP contribution in [0.5, 0.6) is 5.75 Å². The second-order valence-electron chi connectivity index (χ2n) is 6.89. The lowest BCUT2D eigenvalue weighted by Gasteiger charge is -2.19. The molecule has 1 aliphatic carbocycles.